The number of nitrogens with zero attached hydrogens (tertiary/aromatic N) is 1. The second kappa shape index (κ2) is 5.19. The maximum atomic E-state index is 5.54. The summed E-state index contributed by atoms with van der Waals surface area (Å²) in [6.07, 6.45) is 1.74. The molecule has 88 valence electrons. The third kappa shape index (κ3) is 3.20. The van der Waals surface area contributed by atoms with Crippen molar-refractivity contribution < 1.29 is 0 Å². The number of aromatic nitrogens is 1. The smallest absolute Gasteiger partial charge is 0.123 e. The molecule has 1 aromatic heterocycles. The Balaban J connectivity index is 2.11. The van der Waals surface area contributed by atoms with Gasteiger partial charge in [0.15, 0.2) is 0 Å². The van der Waals surface area contributed by atoms with Gasteiger partial charge in [-0.25, -0.2) is 4.98 Å². The van der Waals surface area contributed by atoms with Gasteiger partial charge in [-0.15, -0.1) is 0 Å². The largest absolute Gasteiger partial charge is 0.384 e. The van der Waals surface area contributed by atoms with Crippen molar-refractivity contribution in [2.45, 2.75) is 13.0 Å². The molecule has 0 saturated heterocycles. The molecular formula is C13H14BrN3. The Labute approximate surface area is 109 Å². The van der Waals surface area contributed by atoms with Crippen LogP contribution in [-0.2, 0) is 0 Å². The highest BCUT2D eigenvalue weighted by Crippen LogP contribution is 2.21. The van der Waals surface area contributed by atoms with Crippen molar-refractivity contribution in [2.75, 3.05) is 11.1 Å². The summed E-state index contributed by atoms with van der Waals surface area (Å²) in [6, 6.07) is 12.2. The SMILES string of the molecule is CC(Nc1ccc(N)nc1)c1cccc(Br)c1. The number of halogens is 1. The molecule has 1 heterocycles. The summed E-state index contributed by atoms with van der Waals surface area (Å²) in [5, 5.41) is 3.37. The number of rotatable bonds is 3. The summed E-state index contributed by atoms with van der Waals surface area (Å²) in [6.45, 7) is 2.11. The molecule has 0 radical (unpaired) electrons. The third-order valence-electron chi connectivity index (χ3n) is 2.52. The summed E-state index contributed by atoms with van der Waals surface area (Å²) in [5.41, 5.74) is 7.73. The molecule has 3 N–H and O–H groups in total. The van der Waals surface area contributed by atoms with E-state index in [9.17, 15) is 0 Å². The van der Waals surface area contributed by atoms with Gasteiger partial charge < -0.3 is 11.1 Å². The molecular weight excluding hydrogens is 278 g/mol. The molecule has 0 fully saturated rings. The third-order valence-corrected chi connectivity index (χ3v) is 3.01. The van der Waals surface area contributed by atoms with Crippen molar-refractivity contribution in [3.05, 3.63) is 52.6 Å². The van der Waals surface area contributed by atoms with Crippen LogP contribution in [0.25, 0.3) is 0 Å². The quantitative estimate of drug-likeness (QED) is 0.908. The fraction of sp³-hybridized carbons (Fsp3) is 0.154. The number of benzene rings is 1. The normalized spacial score (nSPS) is 12.1. The van der Waals surface area contributed by atoms with E-state index in [0.29, 0.717) is 5.82 Å². The molecule has 2 aromatic rings. The minimum Gasteiger partial charge on any atom is -0.384 e. The Kier molecular flexibility index (Phi) is 3.64. The Bertz CT molecular complexity index is 496. The first-order valence-corrected chi connectivity index (χ1v) is 6.18. The van der Waals surface area contributed by atoms with E-state index < -0.39 is 0 Å². The molecule has 0 aliphatic carbocycles. The average Bonchev–Trinajstić information content (AvgIpc) is 2.32. The second-order valence-electron chi connectivity index (χ2n) is 3.89. The van der Waals surface area contributed by atoms with E-state index in [1.807, 2.05) is 18.2 Å². The molecule has 1 unspecified atom stereocenters. The molecule has 0 saturated carbocycles. The van der Waals surface area contributed by atoms with E-state index in [0.717, 1.165) is 10.2 Å². The van der Waals surface area contributed by atoms with Crippen molar-refractivity contribution >= 4 is 27.4 Å². The molecule has 0 aliphatic heterocycles. The summed E-state index contributed by atoms with van der Waals surface area (Å²) >= 11 is 3.47. The first-order valence-electron chi connectivity index (χ1n) is 5.38. The Morgan fingerprint density at radius 2 is 2.12 bits per heavy atom. The lowest BCUT2D eigenvalue weighted by molar-refractivity contribution is 0.882. The lowest BCUT2D eigenvalue weighted by Gasteiger charge is -2.15. The molecule has 0 aliphatic rings. The summed E-state index contributed by atoms with van der Waals surface area (Å²) in [7, 11) is 0. The number of nitrogens with two attached hydrogens (primary N) is 1. The van der Waals surface area contributed by atoms with Gasteiger partial charge in [0.2, 0.25) is 0 Å². The van der Waals surface area contributed by atoms with Crippen LogP contribution in [0.1, 0.15) is 18.5 Å². The molecule has 3 nitrogen and oxygen atoms in total. The highest BCUT2D eigenvalue weighted by Gasteiger charge is 2.05. The van der Waals surface area contributed by atoms with Crippen LogP contribution in [0, 0.1) is 0 Å². The number of anilines is 2. The van der Waals surface area contributed by atoms with Gasteiger partial charge in [0.05, 0.1) is 11.9 Å². The van der Waals surface area contributed by atoms with Crippen LogP contribution < -0.4 is 11.1 Å². The lowest BCUT2D eigenvalue weighted by atomic mass is 10.1. The number of nitrogens with one attached hydrogen (secondary N) is 1. The van der Waals surface area contributed by atoms with E-state index in [4.69, 9.17) is 5.73 Å². The molecule has 1 atom stereocenters. The Morgan fingerprint density at radius 3 is 2.76 bits per heavy atom. The van der Waals surface area contributed by atoms with Gasteiger partial charge >= 0.3 is 0 Å². The highest BCUT2D eigenvalue weighted by atomic mass is 79.9. The van der Waals surface area contributed by atoms with E-state index in [2.05, 4.69) is 45.3 Å². The fourth-order valence-corrected chi connectivity index (χ4v) is 2.02. The maximum absolute atomic E-state index is 5.54. The number of hydrogen-bond acceptors (Lipinski definition) is 3. The first kappa shape index (κ1) is 11.9. The van der Waals surface area contributed by atoms with Crippen LogP contribution in [0.4, 0.5) is 11.5 Å². The average molecular weight is 292 g/mol. The second-order valence-corrected chi connectivity index (χ2v) is 4.81. The van der Waals surface area contributed by atoms with E-state index in [1.165, 1.54) is 5.56 Å². The Morgan fingerprint density at radius 1 is 1.29 bits per heavy atom. The number of hydrogen-bond donors (Lipinski definition) is 2. The molecule has 0 bridgehead atoms. The molecule has 17 heavy (non-hydrogen) atoms. The molecule has 2 rings (SSSR count). The van der Waals surface area contributed by atoms with Crippen LogP contribution in [0.3, 0.4) is 0 Å². The van der Waals surface area contributed by atoms with Crippen molar-refractivity contribution in [3.63, 3.8) is 0 Å². The number of pyridine rings is 1. The van der Waals surface area contributed by atoms with Gasteiger partial charge in [-0.05, 0) is 36.8 Å². The maximum Gasteiger partial charge on any atom is 0.123 e. The summed E-state index contributed by atoms with van der Waals surface area (Å²) in [5.74, 6) is 0.533. The van der Waals surface area contributed by atoms with Gasteiger partial charge in [-0.2, -0.15) is 0 Å². The minimum absolute atomic E-state index is 0.220. The minimum atomic E-state index is 0.220. The monoisotopic (exact) mass is 291 g/mol. The van der Waals surface area contributed by atoms with E-state index in [-0.39, 0.29) is 6.04 Å². The van der Waals surface area contributed by atoms with Gasteiger partial charge in [-0.3, -0.25) is 0 Å². The van der Waals surface area contributed by atoms with Crippen LogP contribution >= 0.6 is 15.9 Å². The van der Waals surface area contributed by atoms with E-state index in [1.54, 1.807) is 12.3 Å². The van der Waals surface area contributed by atoms with Crippen molar-refractivity contribution in [1.82, 2.24) is 4.98 Å². The zero-order valence-electron chi connectivity index (χ0n) is 9.52. The topological polar surface area (TPSA) is 50.9 Å². The molecule has 4 heteroatoms. The van der Waals surface area contributed by atoms with Crippen LogP contribution in [0.15, 0.2) is 47.1 Å². The zero-order valence-corrected chi connectivity index (χ0v) is 11.1. The van der Waals surface area contributed by atoms with Gasteiger partial charge in [0.1, 0.15) is 5.82 Å². The first-order chi connectivity index (χ1) is 8.15. The van der Waals surface area contributed by atoms with E-state index >= 15 is 0 Å². The summed E-state index contributed by atoms with van der Waals surface area (Å²) < 4.78 is 1.08. The van der Waals surface area contributed by atoms with Gasteiger partial charge in [0.25, 0.3) is 0 Å². The number of nitrogen functional groups attached to an aromatic ring is 1. The molecule has 0 spiro atoms. The predicted molar refractivity (Wildman–Crippen MR) is 74.8 cm³/mol. The lowest BCUT2D eigenvalue weighted by Crippen LogP contribution is -2.06. The standard InChI is InChI=1S/C13H14BrN3/c1-9(10-3-2-4-11(14)7-10)17-12-5-6-13(15)16-8-12/h2-9,17H,1H3,(H2,15,16). The van der Waals surface area contributed by atoms with Crippen LogP contribution in [0.2, 0.25) is 0 Å². The van der Waals surface area contributed by atoms with Crippen molar-refractivity contribution in [3.8, 4) is 0 Å². The van der Waals surface area contributed by atoms with Crippen molar-refractivity contribution in [2.24, 2.45) is 0 Å². The van der Waals surface area contributed by atoms with Gasteiger partial charge in [-0.1, -0.05) is 28.1 Å². The predicted octanol–water partition coefficient (Wildman–Crippen LogP) is 3.60. The van der Waals surface area contributed by atoms with Gasteiger partial charge in [0, 0.05) is 10.5 Å². The van der Waals surface area contributed by atoms with Crippen LogP contribution in [0.5, 0.6) is 0 Å². The fourth-order valence-electron chi connectivity index (χ4n) is 1.60. The molecule has 0 amide bonds. The van der Waals surface area contributed by atoms with Crippen molar-refractivity contribution in [1.29, 1.82) is 0 Å². The summed E-state index contributed by atoms with van der Waals surface area (Å²) in [4.78, 5) is 4.05. The Hall–Kier alpha value is -1.55. The zero-order chi connectivity index (χ0) is 12.3. The highest BCUT2D eigenvalue weighted by molar-refractivity contribution is 9.10. The van der Waals surface area contributed by atoms with Crippen LogP contribution in [-0.4, -0.2) is 4.98 Å². The molecule has 1 aromatic carbocycles.